The highest BCUT2D eigenvalue weighted by Gasteiger charge is 2.07. The Bertz CT molecular complexity index is 59.4. The summed E-state index contributed by atoms with van der Waals surface area (Å²) in [5.41, 5.74) is 0. The van der Waals surface area contributed by atoms with Crippen LogP contribution in [0, 0.1) is 0 Å². The molecule has 0 aromatic carbocycles. The van der Waals surface area contributed by atoms with Gasteiger partial charge in [-0.2, -0.15) is 23.5 Å². The SMILES string of the molecule is OC1CSCCSC1. The van der Waals surface area contributed by atoms with E-state index in [9.17, 15) is 0 Å². The average molecular weight is 150 g/mol. The van der Waals surface area contributed by atoms with E-state index >= 15 is 0 Å². The van der Waals surface area contributed by atoms with Gasteiger partial charge < -0.3 is 5.11 Å². The molecule has 1 aliphatic rings. The van der Waals surface area contributed by atoms with Gasteiger partial charge in [0.1, 0.15) is 0 Å². The summed E-state index contributed by atoms with van der Waals surface area (Å²) >= 11 is 3.71. The van der Waals surface area contributed by atoms with Crippen molar-refractivity contribution in [1.29, 1.82) is 0 Å². The van der Waals surface area contributed by atoms with Crippen LogP contribution in [0.1, 0.15) is 0 Å². The molecule has 1 N–H and O–H groups in total. The highest BCUT2D eigenvalue weighted by molar-refractivity contribution is 8.03. The van der Waals surface area contributed by atoms with E-state index in [1.54, 1.807) is 0 Å². The minimum atomic E-state index is -0.0486. The van der Waals surface area contributed by atoms with Gasteiger partial charge in [-0.3, -0.25) is 0 Å². The first-order valence-electron chi connectivity index (χ1n) is 2.73. The highest BCUT2D eigenvalue weighted by Crippen LogP contribution is 2.15. The van der Waals surface area contributed by atoms with Gasteiger partial charge >= 0.3 is 0 Å². The third-order valence-corrected chi connectivity index (χ3v) is 3.48. The molecule has 0 bridgehead atoms. The predicted molar refractivity (Wildman–Crippen MR) is 40.7 cm³/mol. The quantitative estimate of drug-likeness (QED) is 0.552. The van der Waals surface area contributed by atoms with E-state index in [1.807, 2.05) is 23.5 Å². The fourth-order valence-electron chi connectivity index (χ4n) is 0.605. The van der Waals surface area contributed by atoms with Crippen LogP contribution in [-0.2, 0) is 0 Å². The smallest absolute Gasteiger partial charge is 0.0720 e. The minimum absolute atomic E-state index is 0.0486. The Hall–Kier alpha value is 0.660. The largest absolute Gasteiger partial charge is 0.391 e. The summed E-state index contributed by atoms with van der Waals surface area (Å²) in [5.74, 6) is 4.30. The van der Waals surface area contributed by atoms with Crippen LogP contribution in [0.3, 0.4) is 0 Å². The third-order valence-electron chi connectivity index (χ3n) is 0.992. The lowest BCUT2D eigenvalue weighted by atomic mass is 10.5. The molecular weight excluding hydrogens is 140 g/mol. The molecule has 1 heterocycles. The Kier molecular flexibility index (Phi) is 3.08. The molecule has 0 unspecified atom stereocenters. The van der Waals surface area contributed by atoms with Crippen LogP contribution in [0.5, 0.6) is 0 Å². The summed E-state index contributed by atoms with van der Waals surface area (Å²) in [5, 5.41) is 9.05. The molecule has 1 saturated heterocycles. The zero-order valence-corrected chi connectivity index (χ0v) is 6.30. The Balaban J connectivity index is 2.17. The van der Waals surface area contributed by atoms with Crippen molar-refractivity contribution in [2.45, 2.75) is 6.10 Å². The summed E-state index contributed by atoms with van der Waals surface area (Å²) in [6.45, 7) is 0. The van der Waals surface area contributed by atoms with E-state index in [4.69, 9.17) is 5.11 Å². The van der Waals surface area contributed by atoms with Crippen LogP contribution in [-0.4, -0.2) is 34.2 Å². The number of hydrogen-bond donors (Lipinski definition) is 1. The maximum absolute atomic E-state index is 9.05. The molecule has 0 aromatic rings. The Morgan fingerprint density at radius 1 is 1.12 bits per heavy atom. The van der Waals surface area contributed by atoms with Crippen LogP contribution in [0.4, 0.5) is 0 Å². The normalized spacial score (nSPS) is 25.1. The standard InChI is InChI=1S/C5H10OS2/c6-5-3-7-1-2-8-4-5/h5-6H,1-4H2. The van der Waals surface area contributed by atoms with Crippen molar-refractivity contribution < 1.29 is 5.11 Å². The van der Waals surface area contributed by atoms with Gasteiger partial charge in [0, 0.05) is 23.0 Å². The van der Waals surface area contributed by atoms with Crippen molar-refractivity contribution in [3.63, 3.8) is 0 Å². The second kappa shape index (κ2) is 3.64. The predicted octanol–water partition coefficient (Wildman–Crippen LogP) is 0.827. The molecule has 1 nitrogen and oxygen atoms in total. The zero-order valence-electron chi connectivity index (χ0n) is 4.67. The first-order valence-corrected chi connectivity index (χ1v) is 5.04. The topological polar surface area (TPSA) is 20.2 Å². The molecule has 0 atom stereocenters. The van der Waals surface area contributed by atoms with Crippen molar-refractivity contribution in [1.82, 2.24) is 0 Å². The molecule has 1 fully saturated rings. The van der Waals surface area contributed by atoms with E-state index in [0.29, 0.717) is 0 Å². The van der Waals surface area contributed by atoms with Crippen LogP contribution < -0.4 is 0 Å². The molecule has 48 valence electrons. The minimum Gasteiger partial charge on any atom is -0.391 e. The number of rotatable bonds is 0. The summed E-state index contributed by atoms with van der Waals surface area (Å²) in [6.07, 6.45) is -0.0486. The van der Waals surface area contributed by atoms with Crippen LogP contribution in [0.15, 0.2) is 0 Å². The molecule has 3 heteroatoms. The summed E-state index contributed by atoms with van der Waals surface area (Å²) < 4.78 is 0. The van der Waals surface area contributed by atoms with Crippen molar-refractivity contribution in [2.75, 3.05) is 23.0 Å². The maximum Gasteiger partial charge on any atom is 0.0720 e. The van der Waals surface area contributed by atoms with E-state index < -0.39 is 0 Å². The van der Waals surface area contributed by atoms with Gasteiger partial charge in [-0.05, 0) is 0 Å². The molecule has 0 spiro atoms. The van der Waals surface area contributed by atoms with Gasteiger partial charge in [-0.25, -0.2) is 0 Å². The van der Waals surface area contributed by atoms with Crippen molar-refractivity contribution in [2.24, 2.45) is 0 Å². The Morgan fingerprint density at radius 3 is 2.12 bits per heavy atom. The lowest BCUT2D eigenvalue weighted by Gasteiger charge is -2.01. The van der Waals surface area contributed by atoms with Gasteiger partial charge in [-0.15, -0.1) is 0 Å². The number of hydrogen-bond acceptors (Lipinski definition) is 3. The van der Waals surface area contributed by atoms with Crippen molar-refractivity contribution >= 4 is 23.5 Å². The number of aliphatic hydroxyl groups is 1. The van der Waals surface area contributed by atoms with Gasteiger partial charge in [0.2, 0.25) is 0 Å². The van der Waals surface area contributed by atoms with Gasteiger partial charge in [0.05, 0.1) is 6.10 Å². The van der Waals surface area contributed by atoms with E-state index in [0.717, 1.165) is 11.5 Å². The lowest BCUT2D eigenvalue weighted by Crippen LogP contribution is -2.10. The molecule has 1 rings (SSSR count). The fraction of sp³-hybridized carbons (Fsp3) is 1.00. The first-order chi connectivity index (χ1) is 3.89. The molecule has 8 heavy (non-hydrogen) atoms. The number of thioether (sulfide) groups is 2. The molecule has 0 aliphatic carbocycles. The second-order valence-electron chi connectivity index (χ2n) is 1.80. The van der Waals surface area contributed by atoms with Crippen LogP contribution >= 0.6 is 23.5 Å². The van der Waals surface area contributed by atoms with E-state index in [-0.39, 0.29) is 6.10 Å². The molecule has 0 radical (unpaired) electrons. The molecule has 0 amide bonds. The van der Waals surface area contributed by atoms with Gasteiger partial charge in [0.15, 0.2) is 0 Å². The van der Waals surface area contributed by atoms with Gasteiger partial charge in [0.25, 0.3) is 0 Å². The van der Waals surface area contributed by atoms with Gasteiger partial charge in [-0.1, -0.05) is 0 Å². The van der Waals surface area contributed by atoms with Crippen molar-refractivity contribution in [3.8, 4) is 0 Å². The molecule has 0 aromatic heterocycles. The summed E-state index contributed by atoms with van der Waals surface area (Å²) in [4.78, 5) is 0. The highest BCUT2D eigenvalue weighted by atomic mass is 32.2. The second-order valence-corrected chi connectivity index (χ2v) is 4.10. The third kappa shape index (κ3) is 2.29. The first kappa shape index (κ1) is 6.78. The zero-order chi connectivity index (χ0) is 5.82. The fourth-order valence-corrected chi connectivity index (χ4v) is 2.81. The Morgan fingerprint density at radius 2 is 1.62 bits per heavy atom. The molecule has 0 saturated carbocycles. The number of aliphatic hydroxyl groups excluding tert-OH is 1. The van der Waals surface area contributed by atoms with Crippen molar-refractivity contribution in [3.05, 3.63) is 0 Å². The summed E-state index contributed by atoms with van der Waals surface area (Å²) in [6, 6.07) is 0. The monoisotopic (exact) mass is 150 g/mol. The average Bonchev–Trinajstić information content (AvgIpc) is 1.94. The van der Waals surface area contributed by atoms with E-state index in [1.165, 1.54) is 11.5 Å². The maximum atomic E-state index is 9.05. The van der Waals surface area contributed by atoms with Crippen LogP contribution in [0.25, 0.3) is 0 Å². The lowest BCUT2D eigenvalue weighted by molar-refractivity contribution is 0.225. The molecular formula is C5H10OS2. The molecule has 1 aliphatic heterocycles. The Labute approximate surface area is 58.2 Å². The van der Waals surface area contributed by atoms with E-state index in [2.05, 4.69) is 0 Å². The van der Waals surface area contributed by atoms with Crippen LogP contribution in [0.2, 0.25) is 0 Å². The summed E-state index contributed by atoms with van der Waals surface area (Å²) in [7, 11) is 0.